The highest BCUT2D eigenvalue weighted by Crippen LogP contribution is 2.23. The molecule has 0 bridgehead atoms. The molecular weight excluding hydrogens is 284 g/mol. The van der Waals surface area contributed by atoms with E-state index in [0.717, 1.165) is 19.4 Å². The molecule has 1 fully saturated rings. The summed E-state index contributed by atoms with van der Waals surface area (Å²) < 4.78 is 7.00. The zero-order valence-corrected chi connectivity index (χ0v) is 13.4. The first-order valence-corrected chi connectivity index (χ1v) is 7.63. The van der Waals surface area contributed by atoms with Crippen molar-refractivity contribution in [2.45, 2.75) is 45.3 Å². The molecule has 1 aromatic heterocycles. The lowest BCUT2D eigenvalue weighted by Crippen LogP contribution is -2.29. The minimum Gasteiger partial charge on any atom is -0.382 e. The maximum atomic E-state index is 12.2. The number of nitrogens with one attached hydrogen (secondary N) is 1. The quantitative estimate of drug-likeness (QED) is 0.862. The lowest BCUT2D eigenvalue weighted by atomic mass is 10.2. The van der Waals surface area contributed by atoms with E-state index in [1.807, 2.05) is 22.7 Å². The van der Waals surface area contributed by atoms with E-state index in [1.54, 1.807) is 13.2 Å². The Balaban J connectivity index is 1.85. The van der Waals surface area contributed by atoms with Gasteiger partial charge in [0, 0.05) is 45.8 Å². The highest BCUT2D eigenvalue weighted by Gasteiger charge is 2.27. The Morgan fingerprint density at radius 3 is 3.00 bits per heavy atom. The maximum Gasteiger partial charge on any atom is 0.222 e. The highest BCUT2D eigenvalue weighted by atomic mass is 16.5. The van der Waals surface area contributed by atoms with E-state index in [1.165, 1.54) is 6.92 Å². The Labute approximate surface area is 130 Å². The van der Waals surface area contributed by atoms with E-state index in [4.69, 9.17) is 4.74 Å². The van der Waals surface area contributed by atoms with Gasteiger partial charge in [-0.05, 0) is 19.8 Å². The Morgan fingerprint density at radius 1 is 1.55 bits per heavy atom. The highest BCUT2D eigenvalue weighted by molar-refractivity contribution is 5.87. The van der Waals surface area contributed by atoms with Crippen LogP contribution in [0, 0.1) is 0 Å². The largest absolute Gasteiger partial charge is 0.382 e. The number of anilines is 1. The summed E-state index contributed by atoms with van der Waals surface area (Å²) >= 11 is 0. The van der Waals surface area contributed by atoms with Crippen LogP contribution in [0.5, 0.6) is 0 Å². The first-order valence-electron chi connectivity index (χ1n) is 7.63. The van der Waals surface area contributed by atoms with Crippen LogP contribution in [0.1, 0.15) is 39.2 Å². The SMILES string of the molecule is CO[C@H](C)CCC(=O)N1CC[C@H](n2ccc(NC(C)=O)n2)C1. The van der Waals surface area contributed by atoms with Crippen molar-refractivity contribution in [3.8, 4) is 0 Å². The molecule has 2 amide bonds. The van der Waals surface area contributed by atoms with Crippen LogP contribution in [0.4, 0.5) is 5.82 Å². The van der Waals surface area contributed by atoms with E-state index in [0.29, 0.717) is 18.8 Å². The van der Waals surface area contributed by atoms with Gasteiger partial charge in [0.1, 0.15) is 0 Å². The van der Waals surface area contributed by atoms with Crippen LogP contribution in [-0.4, -0.2) is 52.8 Å². The number of hydrogen-bond acceptors (Lipinski definition) is 4. The molecular formula is C15H24N4O3. The summed E-state index contributed by atoms with van der Waals surface area (Å²) in [5.74, 6) is 0.576. The average molecular weight is 308 g/mol. The molecule has 1 N–H and O–H groups in total. The van der Waals surface area contributed by atoms with E-state index < -0.39 is 0 Å². The van der Waals surface area contributed by atoms with Crippen molar-refractivity contribution in [1.29, 1.82) is 0 Å². The molecule has 0 unspecified atom stereocenters. The summed E-state index contributed by atoms with van der Waals surface area (Å²) in [6.07, 6.45) is 4.08. The van der Waals surface area contributed by atoms with E-state index in [2.05, 4.69) is 10.4 Å². The zero-order chi connectivity index (χ0) is 16.1. The molecule has 0 radical (unpaired) electrons. The smallest absolute Gasteiger partial charge is 0.222 e. The van der Waals surface area contributed by atoms with Crippen LogP contribution in [0.15, 0.2) is 12.3 Å². The second-order valence-electron chi connectivity index (χ2n) is 5.73. The summed E-state index contributed by atoms with van der Waals surface area (Å²) in [4.78, 5) is 25.1. The van der Waals surface area contributed by atoms with Gasteiger partial charge in [0.15, 0.2) is 5.82 Å². The lowest BCUT2D eigenvalue weighted by molar-refractivity contribution is -0.130. The maximum absolute atomic E-state index is 12.2. The molecule has 122 valence electrons. The summed E-state index contributed by atoms with van der Waals surface area (Å²) in [6.45, 7) is 4.84. The number of likely N-dealkylation sites (tertiary alicyclic amines) is 1. The Hall–Kier alpha value is -1.89. The van der Waals surface area contributed by atoms with Crippen LogP contribution >= 0.6 is 0 Å². The van der Waals surface area contributed by atoms with Crippen molar-refractivity contribution >= 4 is 17.6 Å². The van der Waals surface area contributed by atoms with Gasteiger partial charge in [-0.25, -0.2) is 0 Å². The molecule has 1 aromatic rings. The molecule has 22 heavy (non-hydrogen) atoms. The van der Waals surface area contributed by atoms with Crippen molar-refractivity contribution in [3.05, 3.63) is 12.3 Å². The van der Waals surface area contributed by atoms with Crippen LogP contribution in [0.2, 0.25) is 0 Å². The molecule has 2 atom stereocenters. The molecule has 7 nitrogen and oxygen atoms in total. The monoisotopic (exact) mass is 308 g/mol. The molecule has 2 rings (SSSR count). The molecule has 0 aromatic carbocycles. The van der Waals surface area contributed by atoms with E-state index >= 15 is 0 Å². The number of methoxy groups -OCH3 is 1. The number of carbonyl (C=O) groups is 2. The number of carbonyl (C=O) groups excluding carboxylic acids is 2. The summed E-state index contributed by atoms with van der Waals surface area (Å²) in [6, 6.07) is 1.94. The third-order valence-electron chi connectivity index (χ3n) is 3.97. The van der Waals surface area contributed by atoms with Crippen molar-refractivity contribution in [2.75, 3.05) is 25.5 Å². The van der Waals surface area contributed by atoms with Crippen LogP contribution in [-0.2, 0) is 14.3 Å². The van der Waals surface area contributed by atoms with Crippen molar-refractivity contribution < 1.29 is 14.3 Å². The van der Waals surface area contributed by atoms with Gasteiger partial charge < -0.3 is 15.0 Å². The average Bonchev–Trinajstić information content (AvgIpc) is 3.12. The molecule has 1 saturated heterocycles. The van der Waals surface area contributed by atoms with Gasteiger partial charge in [-0.2, -0.15) is 5.10 Å². The van der Waals surface area contributed by atoms with Gasteiger partial charge in [0.05, 0.1) is 12.1 Å². The minimum atomic E-state index is -0.138. The third-order valence-corrected chi connectivity index (χ3v) is 3.97. The number of hydrogen-bond donors (Lipinski definition) is 1. The topological polar surface area (TPSA) is 76.5 Å². The summed E-state index contributed by atoms with van der Waals surface area (Å²) in [5, 5.41) is 7.00. The Kier molecular flexibility index (Phi) is 5.54. The fourth-order valence-electron chi connectivity index (χ4n) is 2.58. The number of amides is 2. The van der Waals surface area contributed by atoms with Crippen molar-refractivity contribution in [1.82, 2.24) is 14.7 Å². The zero-order valence-electron chi connectivity index (χ0n) is 13.4. The van der Waals surface area contributed by atoms with Gasteiger partial charge >= 0.3 is 0 Å². The number of ether oxygens (including phenoxy) is 1. The van der Waals surface area contributed by atoms with Crippen LogP contribution < -0.4 is 5.32 Å². The van der Waals surface area contributed by atoms with E-state index in [-0.39, 0.29) is 24.0 Å². The molecule has 1 aliphatic heterocycles. The van der Waals surface area contributed by atoms with Gasteiger partial charge in [-0.15, -0.1) is 0 Å². The number of aromatic nitrogens is 2. The van der Waals surface area contributed by atoms with Gasteiger partial charge in [0.2, 0.25) is 11.8 Å². The van der Waals surface area contributed by atoms with Crippen LogP contribution in [0.25, 0.3) is 0 Å². The Bertz CT molecular complexity index is 529. The van der Waals surface area contributed by atoms with Gasteiger partial charge in [-0.1, -0.05) is 0 Å². The Morgan fingerprint density at radius 2 is 2.32 bits per heavy atom. The second-order valence-corrected chi connectivity index (χ2v) is 5.73. The molecule has 7 heteroatoms. The molecule has 1 aliphatic rings. The van der Waals surface area contributed by atoms with E-state index in [9.17, 15) is 9.59 Å². The lowest BCUT2D eigenvalue weighted by Gasteiger charge is -2.17. The van der Waals surface area contributed by atoms with Crippen molar-refractivity contribution in [3.63, 3.8) is 0 Å². The fraction of sp³-hybridized carbons (Fsp3) is 0.667. The number of nitrogens with zero attached hydrogens (tertiary/aromatic N) is 3. The molecule has 0 saturated carbocycles. The standard InChI is InChI=1S/C15H24N4O3/c1-11(22-3)4-5-15(21)18-8-6-13(10-18)19-9-7-14(17-19)16-12(2)20/h7,9,11,13H,4-6,8,10H2,1-3H3,(H,16,17,20)/t11-,13+/m1/s1. The predicted octanol–water partition coefficient (Wildman–Crippen LogP) is 1.43. The number of rotatable bonds is 6. The third kappa shape index (κ3) is 4.30. The summed E-state index contributed by atoms with van der Waals surface area (Å²) in [5.41, 5.74) is 0. The predicted molar refractivity (Wildman–Crippen MR) is 82.5 cm³/mol. The van der Waals surface area contributed by atoms with Crippen molar-refractivity contribution in [2.24, 2.45) is 0 Å². The summed E-state index contributed by atoms with van der Waals surface area (Å²) in [7, 11) is 1.66. The van der Waals surface area contributed by atoms with Gasteiger partial charge in [-0.3, -0.25) is 14.3 Å². The molecule has 2 heterocycles. The minimum absolute atomic E-state index is 0.105. The first kappa shape index (κ1) is 16.5. The normalized spacial score (nSPS) is 19.2. The molecule has 0 spiro atoms. The van der Waals surface area contributed by atoms with Gasteiger partial charge in [0.25, 0.3) is 0 Å². The fourth-order valence-corrected chi connectivity index (χ4v) is 2.58. The second kappa shape index (κ2) is 7.40. The first-order chi connectivity index (χ1) is 10.5. The molecule has 0 aliphatic carbocycles. The van der Waals surface area contributed by atoms with Crippen LogP contribution in [0.3, 0.4) is 0 Å².